The molecule has 0 aliphatic carbocycles. The van der Waals surface area contributed by atoms with Gasteiger partial charge in [0.1, 0.15) is 18.2 Å². The standard InChI is InChI=1S/C27H34N4O6/c28-25-24(26(34)31(18-23(32)33)21-11-4-5-12-22(21)37-25)20(27(35)36)10-6-7-13-29-14-16-30(17-15-29)19-8-2-1-3-9-19/h1-5,8-9,11-12,20,24-25H,6-7,10,13-18,28H2,(H,32,33)(H,35,36)/t20?,24-,25?/m0/s1. The van der Waals surface area contributed by atoms with Crippen molar-refractivity contribution < 1.29 is 29.3 Å². The number of hydrogen-bond donors (Lipinski definition) is 3. The monoisotopic (exact) mass is 510 g/mol. The van der Waals surface area contributed by atoms with Crippen LogP contribution in [0.1, 0.15) is 19.3 Å². The van der Waals surface area contributed by atoms with E-state index in [0.717, 1.165) is 44.0 Å². The maximum Gasteiger partial charge on any atom is 0.323 e. The number of hydrogen-bond acceptors (Lipinski definition) is 7. The number of amides is 1. The van der Waals surface area contributed by atoms with Crippen molar-refractivity contribution in [1.29, 1.82) is 0 Å². The first-order chi connectivity index (χ1) is 17.8. The molecule has 0 spiro atoms. The summed E-state index contributed by atoms with van der Waals surface area (Å²) in [7, 11) is 0. The Bertz CT molecular complexity index is 1090. The van der Waals surface area contributed by atoms with Gasteiger partial charge in [-0.15, -0.1) is 0 Å². The summed E-state index contributed by atoms with van der Waals surface area (Å²) in [6.07, 6.45) is 0.410. The van der Waals surface area contributed by atoms with Crippen molar-refractivity contribution in [3.05, 3.63) is 54.6 Å². The van der Waals surface area contributed by atoms with E-state index in [0.29, 0.717) is 6.42 Å². The van der Waals surface area contributed by atoms with Gasteiger partial charge in [0.05, 0.1) is 11.6 Å². The molecular formula is C27H34N4O6. The van der Waals surface area contributed by atoms with Gasteiger partial charge in [-0.05, 0) is 43.7 Å². The third kappa shape index (κ3) is 6.39. The zero-order valence-corrected chi connectivity index (χ0v) is 20.7. The van der Waals surface area contributed by atoms with E-state index in [4.69, 9.17) is 10.5 Å². The van der Waals surface area contributed by atoms with E-state index in [-0.39, 0.29) is 17.9 Å². The molecular weight excluding hydrogens is 476 g/mol. The Kier molecular flexibility index (Phi) is 8.62. The molecule has 1 fully saturated rings. The zero-order chi connectivity index (χ0) is 26.4. The highest BCUT2D eigenvalue weighted by atomic mass is 16.5. The fraction of sp³-hybridized carbons (Fsp3) is 0.444. The molecule has 0 aromatic heterocycles. The average Bonchev–Trinajstić information content (AvgIpc) is 2.99. The second kappa shape index (κ2) is 12.1. The quantitative estimate of drug-likeness (QED) is 0.410. The maximum atomic E-state index is 13.5. The van der Waals surface area contributed by atoms with Crippen molar-refractivity contribution in [2.24, 2.45) is 17.6 Å². The Balaban J connectivity index is 1.35. The van der Waals surface area contributed by atoms with Gasteiger partial charge in [0.15, 0.2) is 6.23 Å². The minimum Gasteiger partial charge on any atom is -0.481 e. The second-order valence-electron chi connectivity index (χ2n) is 9.50. The van der Waals surface area contributed by atoms with Crippen molar-refractivity contribution in [3.8, 4) is 5.75 Å². The zero-order valence-electron chi connectivity index (χ0n) is 20.7. The molecule has 37 heavy (non-hydrogen) atoms. The highest BCUT2D eigenvalue weighted by Crippen LogP contribution is 2.37. The molecule has 0 bridgehead atoms. The molecule has 2 unspecified atom stereocenters. The summed E-state index contributed by atoms with van der Waals surface area (Å²) < 4.78 is 5.78. The first-order valence-electron chi connectivity index (χ1n) is 12.6. The van der Waals surface area contributed by atoms with Gasteiger partial charge in [0.2, 0.25) is 5.91 Å². The first-order valence-corrected chi connectivity index (χ1v) is 12.6. The number of carbonyl (C=O) groups is 3. The van der Waals surface area contributed by atoms with Crippen molar-refractivity contribution >= 4 is 29.2 Å². The van der Waals surface area contributed by atoms with Crippen LogP contribution in [0.2, 0.25) is 0 Å². The van der Waals surface area contributed by atoms with E-state index in [1.54, 1.807) is 24.3 Å². The van der Waals surface area contributed by atoms with Gasteiger partial charge in [0.25, 0.3) is 0 Å². The fourth-order valence-electron chi connectivity index (χ4n) is 5.16. The highest BCUT2D eigenvalue weighted by Gasteiger charge is 2.44. The SMILES string of the molecule is NC1Oc2ccccc2N(CC(=O)O)C(=O)[C@H]1C(CCCCN1CCN(c2ccccc2)CC1)C(=O)O. The van der Waals surface area contributed by atoms with Gasteiger partial charge >= 0.3 is 11.9 Å². The summed E-state index contributed by atoms with van der Waals surface area (Å²) in [6, 6.07) is 16.8. The minimum atomic E-state index is -1.21. The fourth-order valence-corrected chi connectivity index (χ4v) is 5.16. The number of carboxylic acid groups (broad SMARTS) is 2. The molecule has 2 heterocycles. The van der Waals surface area contributed by atoms with Gasteiger partial charge in [-0.25, -0.2) is 0 Å². The summed E-state index contributed by atoms with van der Waals surface area (Å²) in [5, 5.41) is 19.4. The van der Waals surface area contributed by atoms with E-state index in [2.05, 4.69) is 21.9 Å². The van der Waals surface area contributed by atoms with Crippen molar-refractivity contribution in [3.63, 3.8) is 0 Å². The molecule has 2 aliphatic rings. The number of fused-ring (bicyclic) bond motifs is 1. The number of carbonyl (C=O) groups excluding carboxylic acids is 1. The van der Waals surface area contributed by atoms with E-state index >= 15 is 0 Å². The van der Waals surface area contributed by atoms with Crippen LogP contribution in [-0.2, 0) is 14.4 Å². The summed E-state index contributed by atoms with van der Waals surface area (Å²) >= 11 is 0. The van der Waals surface area contributed by atoms with Crippen LogP contribution < -0.4 is 20.3 Å². The Hall–Kier alpha value is -3.63. The van der Waals surface area contributed by atoms with Gasteiger partial charge in [0, 0.05) is 31.9 Å². The van der Waals surface area contributed by atoms with Crippen LogP contribution in [0.4, 0.5) is 11.4 Å². The summed E-state index contributed by atoms with van der Waals surface area (Å²) in [6.45, 7) is 3.96. The van der Waals surface area contributed by atoms with Gasteiger partial charge in [-0.1, -0.05) is 36.8 Å². The molecule has 4 rings (SSSR count). The molecule has 1 amide bonds. The second-order valence-corrected chi connectivity index (χ2v) is 9.50. The first kappa shape index (κ1) is 26.4. The molecule has 3 atom stereocenters. The number of unbranched alkanes of at least 4 members (excludes halogenated alkanes) is 1. The Labute approximate surface area is 216 Å². The van der Waals surface area contributed by atoms with Crippen LogP contribution >= 0.6 is 0 Å². The lowest BCUT2D eigenvalue weighted by Crippen LogP contribution is -2.51. The van der Waals surface area contributed by atoms with Gasteiger partial charge < -0.3 is 19.8 Å². The largest absolute Gasteiger partial charge is 0.481 e. The lowest BCUT2D eigenvalue weighted by molar-refractivity contribution is -0.149. The molecule has 1 saturated heterocycles. The predicted octanol–water partition coefficient (Wildman–Crippen LogP) is 2.09. The van der Waals surface area contributed by atoms with E-state index in [1.165, 1.54) is 5.69 Å². The van der Waals surface area contributed by atoms with Crippen LogP contribution in [0.15, 0.2) is 54.6 Å². The van der Waals surface area contributed by atoms with Crippen LogP contribution in [0.25, 0.3) is 0 Å². The van der Waals surface area contributed by atoms with Gasteiger partial charge in [-0.3, -0.25) is 29.9 Å². The van der Waals surface area contributed by atoms with E-state index in [9.17, 15) is 24.6 Å². The van der Waals surface area contributed by atoms with Crippen LogP contribution in [0.5, 0.6) is 5.75 Å². The van der Waals surface area contributed by atoms with Crippen molar-refractivity contribution in [1.82, 2.24) is 4.90 Å². The third-order valence-corrected chi connectivity index (χ3v) is 7.10. The summed E-state index contributed by atoms with van der Waals surface area (Å²) in [5.74, 6) is -5.05. The third-order valence-electron chi connectivity index (χ3n) is 7.10. The Morgan fingerprint density at radius 3 is 2.32 bits per heavy atom. The maximum absolute atomic E-state index is 13.5. The number of aliphatic carboxylic acids is 2. The number of nitrogens with two attached hydrogens (primary N) is 1. The molecule has 10 heteroatoms. The smallest absolute Gasteiger partial charge is 0.323 e. The Morgan fingerprint density at radius 1 is 0.973 bits per heavy atom. The lowest BCUT2D eigenvalue weighted by atomic mass is 9.85. The van der Waals surface area contributed by atoms with E-state index < -0.39 is 42.5 Å². The predicted molar refractivity (Wildman–Crippen MR) is 139 cm³/mol. The lowest BCUT2D eigenvalue weighted by Gasteiger charge is -2.36. The number of benzene rings is 2. The summed E-state index contributed by atoms with van der Waals surface area (Å²) in [5.41, 5.74) is 7.69. The normalized spacial score (nSPS) is 21.1. The van der Waals surface area contributed by atoms with Crippen molar-refractivity contribution in [2.75, 3.05) is 49.1 Å². The number of anilines is 2. The average molecular weight is 511 g/mol. The number of carboxylic acids is 2. The number of ether oxygens (including phenoxy) is 1. The number of piperazine rings is 1. The van der Waals surface area contributed by atoms with Crippen LogP contribution in [0.3, 0.4) is 0 Å². The highest BCUT2D eigenvalue weighted by molar-refractivity contribution is 6.02. The topological polar surface area (TPSA) is 137 Å². The molecule has 4 N–H and O–H groups in total. The van der Waals surface area contributed by atoms with E-state index in [1.807, 2.05) is 18.2 Å². The molecule has 0 saturated carbocycles. The number of nitrogens with zero attached hydrogens (tertiary/aromatic N) is 3. The molecule has 2 aromatic carbocycles. The Morgan fingerprint density at radius 2 is 1.65 bits per heavy atom. The molecule has 198 valence electrons. The van der Waals surface area contributed by atoms with Crippen LogP contribution in [0, 0.1) is 11.8 Å². The van der Waals surface area contributed by atoms with Crippen LogP contribution in [-0.4, -0.2) is 78.5 Å². The molecule has 2 aliphatic heterocycles. The molecule has 0 radical (unpaired) electrons. The minimum absolute atomic E-state index is 0.240. The van der Waals surface area contributed by atoms with Crippen molar-refractivity contribution in [2.45, 2.75) is 25.5 Å². The number of para-hydroxylation sites is 3. The number of rotatable bonds is 10. The molecule has 10 nitrogen and oxygen atoms in total. The van der Waals surface area contributed by atoms with Gasteiger partial charge in [-0.2, -0.15) is 0 Å². The molecule has 2 aromatic rings. The summed E-state index contributed by atoms with van der Waals surface area (Å²) in [4.78, 5) is 43.0.